The number of nitrogens with one attached hydrogen (secondary N) is 1. The van der Waals surface area contributed by atoms with Crippen molar-refractivity contribution in [3.8, 4) is 0 Å². The lowest BCUT2D eigenvalue weighted by Gasteiger charge is -2.43. The number of hydrogen-bond donors (Lipinski definition) is 1. The van der Waals surface area contributed by atoms with Crippen molar-refractivity contribution in [2.45, 2.75) is 51.0 Å². The normalized spacial score (nSPS) is 22.8. The van der Waals surface area contributed by atoms with Crippen LogP contribution in [0.25, 0.3) is 0 Å². The van der Waals surface area contributed by atoms with E-state index in [2.05, 4.69) is 5.32 Å². The zero-order valence-corrected chi connectivity index (χ0v) is 18.1. The SMILES string of the molecule is O=C(Nc1ccc(=O)n2c1[C@@H]1C[C@H](CN(C(=O)c3ccc(F)cc3)C1)C2)C1CCCCC1. The van der Waals surface area contributed by atoms with Crippen molar-refractivity contribution in [2.75, 3.05) is 18.4 Å². The number of likely N-dealkylation sites (tertiary alicyclic amines) is 1. The van der Waals surface area contributed by atoms with Gasteiger partial charge in [0.2, 0.25) is 5.91 Å². The fourth-order valence-electron chi connectivity index (χ4n) is 5.66. The average molecular weight is 438 g/mol. The van der Waals surface area contributed by atoms with E-state index < -0.39 is 0 Å². The topological polar surface area (TPSA) is 71.4 Å². The standard InChI is InChI=1S/C25H28FN3O3/c26-20-8-6-18(7-9-20)25(32)28-13-16-12-19(15-28)23-21(10-11-22(30)29(23)14-16)27-24(31)17-4-2-1-3-5-17/h6-11,16-17,19H,1-5,12-15H2,(H,27,31)/t16-,19-/m1/s1. The number of fused-ring (bicyclic) bond motifs is 4. The smallest absolute Gasteiger partial charge is 0.253 e. The van der Waals surface area contributed by atoms with Gasteiger partial charge in [0.05, 0.1) is 5.69 Å². The van der Waals surface area contributed by atoms with E-state index in [4.69, 9.17) is 0 Å². The molecule has 2 amide bonds. The van der Waals surface area contributed by atoms with E-state index in [1.807, 2.05) is 0 Å². The third-order valence-electron chi connectivity index (χ3n) is 7.20. The van der Waals surface area contributed by atoms with Crippen molar-refractivity contribution in [3.63, 3.8) is 0 Å². The molecule has 0 spiro atoms. The van der Waals surface area contributed by atoms with E-state index >= 15 is 0 Å². The van der Waals surface area contributed by atoms with Crippen molar-refractivity contribution in [3.05, 3.63) is 63.8 Å². The summed E-state index contributed by atoms with van der Waals surface area (Å²) < 4.78 is 15.1. The highest BCUT2D eigenvalue weighted by Gasteiger charge is 2.38. The Labute approximate surface area is 186 Å². The minimum absolute atomic E-state index is 0.0237. The van der Waals surface area contributed by atoms with Crippen LogP contribution in [0.3, 0.4) is 0 Å². The number of aromatic nitrogens is 1. The molecule has 2 bridgehead atoms. The second kappa shape index (κ2) is 8.52. The molecule has 5 rings (SSSR count). The van der Waals surface area contributed by atoms with E-state index in [1.54, 1.807) is 15.5 Å². The van der Waals surface area contributed by atoms with Gasteiger partial charge in [-0.05, 0) is 55.5 Å². The molecular formula is C25H28FN3O3. The summed E-state index contributed by atoms with van der Waals surface area (Å²) in [6.07, 6.45) is 6.03. The Bertz CT molecular complexity index is 1090. The molecule has 1 aromatic carbocycles. The number of piperidine rings is 1. The minimum Gasteiger partial charge on any atom is -0.338 e. The summed E-state index contributed by atoms with van der Waals surface area (Å²) in [6.45, 7) is 1.57. The summed E-state index contributed by atoms with van der Waals surface area (Å²) >= 11 is 0. The molecule has 0 unspecified atom stereocenters. The first-order valence-corrected chi connectivity index (χ1v) is 11.6. The molecule has 3 heterocycles. The van der Waals surface area contributed by atoms with E-state index in [1.165, 1.54) is 36.8 Å². The number of carbonyl (C=O) groups is 2. The molecule has 2 aromatic rings. The largest absolute Gasteiger partial charge is 0.338 e. The maximum Gasteiger partial charge on any atom is 0.253 e. The maximum absolute atomic E-state index is 13.3. The molecular weight excluding hydrogens is 409 g/mol. The Morgan fingerprint density at radius 1 is 0.938 bits per heavy atom. The van der Waals surface area contributed by atoms with Gasteiger partial charge in [0.25, 0.3) is 11.5 Å². The monoisotopic (exact) mass is 437 g/mol. The summed E-state index contributed by atoms with van der Waals surface area (Å²) in [6, 6.07) is 8.86. The molecule has 7 heteroatoms. The molecule has 168 valence electrons. The van der Waals surface area contributed by atoms with Crippen LogP contribution in [0, 0.1) is 17.7 Å². The van der Waals surface area contributed by atoms with Crippen molar-refractivity contribution in [1.82, 2.24) is 9.47 Å². The second-order valence-electron chi connectivity index (χ2n) is 9.42. The summed E-state index contributed by atoms with van der Waals surface area (Å²) in [4.78, 5) is 40.4. The molecule has 2 fully saturated rings. The van der Waals surface area contributed by atoms with Crippen LogP contribution in [0.4, 0.5) is 10.1 Å². The number of carbonyl (C=O) groups excluding carboxylic acids is 2. The number of amides is 2. The lowest BCUT2D eigenvalue weighted by Crippen LogP contribution is -2.49. The zero-order chi connectivity index (χ0) is 22.2. The summed E-state index contributed by atoms with van der Waals surface area (Å²) in [5, 5.41) is 3.11. The number of benzene rings is 1. The lowest BCUT2D eigenvalue weighted by atomic mass is 9.82. The van der Waals surface area contributed by atoms with E-state index in [9.17, 15) is 18.8 Å². The first kappa shape index (κ1) is 20.9. The van der Waals surface area contributed by atoms with Gasteiger partial charge >= 0.3 is 0 Å². The first-order chi connectivity index (χ1) is 15.5. The van der Waals surface area contributed by atoms with Crippen LogP contribution in [-0.2, 0) is 11.3 Å². The number of nitrogens with zero attached hydrogens (tertiary/aromatic N) is 2. The Balaban J connectivity index is 1.41. The van der Waals surface area contributed by atoms with Gasteiger partial charge in [-0.2, -0.15) is 0 Å². The van der Waals surface area contributed by atoms with Gasteiger partial charge in [-0.1, -0.05) is 19.3 Å². The van der Waals surface area contributed by atoms with Crippen LogP contribution in [0.1, 0.15) is 60.5 Å². The highest BCUT2D eigenvalue weighted by Crippen LogP contribution is 2.39. The van der Waals surface area contributed by atoms with Gasteiger partial charge in [-0.3, -0.25) is 14.4 Å². The Morgan fingerprint density at radius 2 is 1.69 bits per heavy atom. The van der Waals surface area contributed by atoms with Gasteiger partial charge in [0.15, 0.2) is 0 Å². The molecule has 6 nitrogen and oxygen atoms in total. The highest BCUT2D eigenvalue weighted by molar-refractivity contribution is 5.95. The summed E-state index contributed by atoms with van der Waals surface area (Å²) in [5.41, 5.74) is 1.92. The molecule has 3 aliphatic rings. The molecule has 1 saturated heterocycles. The average Bonchev–Trinajstić information content (AvgIpc) is 2.81. The molecule has 1 aliphatic carbocycles. The molecule has 2 aliphatic heterocycles. The van der Waals surface area contributed by atoms with Crippen LogP contribution in [-0.4, -0.2) is 34.4 Å². The summed E-state index contributed by atoms with van der Waals surface area (Å²) in [5.74, 6) is -0.295. The predicted octanol–water partition coefficient (Wildman–Crippen LogP) is 3.77. The van der Waals surface area contributed by atoms with E-state index in [-0.39, 0.29) is 40.9 Å². The summed E-state index contributed by atoms with van der Waals surface area (Å²) in [7, 11) is 0. The zero-order valence-electron chi connectivity index (χ0n) is 18.1. The third kappa shape index (κ3) is 3.96. The van der Waals surface area contributed by atoms with Gasteiger partial charge in [-0.25, -0.2) is 4.39 Å². The maximum atomic E-state index is 13.3. The predicted molar refractivity (Wildman–Crippen MR) is 119 cm³/mol. The van der Waals surface area contributed by atoms with Crippen molar-refractivity contribution in [2.24, 2.45) is 11.8 Å². The molecule has 32 heavy (non-hydrogen) atoms. The van der Waals surface area contributed by atoms with Crippen LogP contribution in [0.2, 0.25) is 0 Å². The number of anilines is 1. The molecule has 1 aromatic heterocycles. The Hall–Kier alpha value is -2.96. The van der Waals surface area contributed by atoms with Gasteiger partial charge in [0.1, 0.15) is 5.82 Å². The van der Waals surface area contributed by atoms with Gasteiger partial charge < -0.3 is 14.8 Å². The molecule has 1 N–H and O–H groups in total. The van der Waals surface area contributed by atoms with Crippen molar-refractivity contribution in [1.29, 1.82) is 0 Å². The van der Waals surface area contributed by atoms with Crippen LogP contribution in [0.5, 0.6) is 0 Å². The fourth-order valence-corrected chi connectivity index (χ4v) is 5.66. The van der Waals surface area contributed by atoms with Crippen LogP contribution < -0.4 is 10.9 Å². The van der Waals surface area contributed by atoms with Gasteiger partial charge in [-0.15, -0.1) is 0 Å². The van der Waals surface area contributed by atoms with Gasteiger partial charge in [0, 0.05) is 48.8 Å². The third-order valence-corrected chi connectivity index (χ3v) is 7.20. The van der Waals surface area contributed by atoms with Crippen molar-refractivity contribution >= 4 is 17.5 Å². The van der Waals surface area contributed by atoms with E-state index in [0.717, 1.165) is 37.8 Å². The molecule has 1 saturated carbocycles. The quantitative estimate of drug-likeness (QED) is 0.795. The number of pyridine rings is 1. The molecule has 2 atom stereocenters. The number of hydrogen-bond acceptors (Lipinski definition) is 3. The fraction of sp³-hybridized carbons (Fsp3) is 0.480. The van der Waals surface area contributed by atoms with Crippen molar-refractivity contribution < 1.29 is 14.0 Å². The van der Waals surface area contributed by atoms with Crippen LogP contribution in [0.15, 0.2) is 41.2 Å². The second-order valence-corrected chi connectivity index (χ2v) is 9.42. The van der Waals surface area contributed by atoms with E-state index in [0.29, 0.717) is 30.9 Å². The molecule has 0 radical (unpaired) electrons. The van der Waals surface area contributed by atoms with Crippen LogP contribution >= 0.6 is 0 Å². The highest BCUT2D eigenvalue weighted by atomic mass is 19.1. The number of rotatable bonds is 3. The minimum atomic E-state index is -0.372. The Morgan fingerprint density at radius 3 is 2.44 bits per heavy atom. The Kier molecular flexibility index (Phi) is 5.57. The number of halogens is 1. The lowest BCUT2D eigenvalue weighted by molar-refractivity contribution is -0.120. The first-order valence-electron chi connectivity index (χ1n) is 11.6.